The highest BCUT2D eigenvalue weighted by Gasteiger charge is 2.40. The Morgan fingerprint density at radius 1 is 0.679 bits per heavy atom. The van der Waals surface area contributed by atoms with E-state index in [2.05, 4.69) is 78.8 Å². The molecule has 0 fully saturated rings. The molecule has 0 N–H and O–H groups in total. The molecular formula is C28H50. The summed E-state index contributed by atoms with van der Waals surface area (Å²) in [5.41, 5.74) is 2.56. The Balaban J connectivity index is 3.26. The maximum atomic E-state index is 2.49. The summed E-state index contributed by atoms with van der Waals surface area (Å²) in [6.07, 6.45) is 14.9. The van der Waals surface area contributed by atoms with Crippen LogP contribution in [0.25, 0.3) is 0 Å². The monoisotopic (exact) mass is 386 g/mol. The van der Waals surface area contributed by atoms with Crippen molar-refractivity contribution in [3.05, 3.63) is 35.9 Å². The Bertz CT molecular complexity index is 490. The van der Waals surface area contributed by atoms with Crippen LogP contribution in [-0.2, 0) is 0 Å². The summed E-state index contributed by atoms with van der Waals surface area (Å²) in [5, 5.41) is 0. The largest absolute Gasteiger partial charge is 0.0654 e. The van der Waals surface area contributed by atoms with Gasteiger partial charge in [0.25, 0.3) is 0 Å². The van der Waals surface area contributed by atoms with Gasteiger partial charge in [-0.2, -0.15) is 0 Å². The predicted molar refractivity (Wildman–Crippen MR) is 128 cm³/mol. The van der Waals surface area contributed by atoms with Crippen molar-refractivity contribution < 1.29 is 0 Å². The third kappa shape index (κ3) is 6.93. The Morgan fingerprint density at radius 2 is 1.25 bits per heavy atom. The molecule has 0 heteroatoms. The van der Waals surface area contributed by atoms with Gasteiger partial charge >= 0.3 is 0 Å². The first-order valence-electron chi connectivity index (χ1n) is 12.5. The summed E-state index contributed by atoms with van der Waals surface area (Å²) in [4.78, 5) is 0. The molecule has 162 valence electrons. The van der Waals surface area contributed by atoms with E-state index in [1.807, 2.05) is 0 Å². The minimum atomic E-state index is 0.481. The molecule has 1 aromatic carbocycles. The Hall–Kier alpha value is -0.780. The van der Waals surface area contributed by atoms with Gasteiger partial charge in [-0.3, -0.25) is 0 Å². The third-order valence-corrected chi connectivity index (χ3v) is 8.19. The highest BCUT2D eigenvalue weighted by atomic mass is 14.4. The zero-order valence-corrected chi connectivity index (χ0v) is 20.3. The van der Waals surface area contributed by atoms with Crippen LogP contribution in [0.5, 0.6) is 0 Å². The second kappa shape index (κ2) is 12.7. The summed E-state index contributed by atoms with van der Waals surface area (Å²) >= 11 is 0. The minimum absolute atomic E-state index is 0.481. The molecule has 0 saturated carbocycles. The smallest absolute Gasteiger partial charge is 0.0159 e. The van der Waals surface area contributed by atoms with E-state index in [1.165, 1.54) is 70.6 Å². The van der Waals surface area contributed by atoms with Gasteiger partial charge in [-0.1, -0.05) is 124 Å². The first-order chi connectivity index (χ1) is 13.5. The van der Waals surface area contributed by atoms with Gasteiger partial charge in [0.2, 0.25) is 0 Å². The summed E-state index contributed by atoms with van der Waals surface area (Å²) in [6.45, 7) is 17.0. The highest BCUT2D eigenvalue weighted by molar-refractivity contribution is 5.20. The van der Waals surface area contributed by atoms with Gasteiger partial charge in [-0.25, -0.2) is 0 Å². The molecule has 0 bridgehead atoms. The molecule has 0 saturated heterocycles. The van der Waals surface area contributed by atoms with Gasteiger partial charge in [0.05, 0.1) is 0 Å². The molecule has 0 aliphatic rings. The minimum Gasteiger partial charge on any atom is -0.0654 e. The topological polar surface area (TPSA) is 0 Å². The van der Waals surface area contributed by atoms with Crippen molar-refractivity contribution in [1.82, 2.24) is 0 Å². The van der Waals surface area contributed by atoms with E-state index in [-0.39, 0.29) is 0 Å². The number of rotatable bonds is 15. The zero-order chi connectivity index (χ0) is 21.0. The molecule has 3 unspecified atom stereocenters. The summed E-state index contributed by atoms with van der Waals surface area (Å²) < 4.78 is 0. The first kappa shape index (κ1) is 25.3. The number of hydrogen-bond acceptors (Lipinski definition) is 0. The van der Waals surface area contributed by atoms with E-state index in [0.29, 0.717) is 16.7 Å². The van der Waals surface area contributed by atoms with E-state index in [1.54, 1.807) is 5.56 Å². The number of benzene rings is 1. The molecular weight excluding hydrogens is 336 g/mol. The molecule has 1 rings (SSSR count). The quantitative estimate of drug-likeness (QED) is 0.281. The molecule has 0 spiro atoms. The Kier molecular flexibility index (Phi) is 11.5. The van der Waals surface area contributed by atoms with Crippen molar-refractivity contribution in [2.45, 2.75) is 125 Å². The van der Waals surface area contributed by atoms with Crippen LogP contribution in [0.2, 0.25) is 0 Å². The van der Waals surface area contributed by atoms with E-state index in [4.69, 9.17) is 0 Å². The summed E-state index contributed by atoms with van der Waals surface area (Å²) in [7, 11) is 0. The van der Waals surface area contributed by atoms with Gasteiger partial charge in [0.15, 0.2) is 0 Å². The second-order valence-corrected chi connectivity index (χ2v) is 9.58. The molecule has 0 heterocycles. The van der Waals surface area contributed by atoms with Crippen molar-refractivity contribution in [2.24, 2.45) is 16.7 Å². The molecule has 0 aliphatic heterocycles. The van der Waals surface area contributed by atoms with E-state index < -0.39 is 0 Å². The van der Waals surface area contributed by atoms with Crippen LogP contribution in [0, 0.1) is 16.7 Å². The van der Waals surface area contributed by atoms with Crippen LogP contribution in [0.4, 0.5) is 0 Å². The SMILES string of the molecule is CCCC(CC)CC(CC)(CC(CC)c1ccccc1)CC(CC)(CC)CC. The molecule has 28 heavy (non-hydrogen) atoms. The lowest BCUT2D eigenvalue weighted by Crippen LogP contribution is -2.34. The predicted octanol–water partition coefficient (Wildman–Crippen LogP) is 9.79. The summed E-state index contributed by atoms with van der Waals surface area (Å²) in [6, 6.07) is 11.3. The molecule has 0 amide bonds. The zero-order valence-electron chi connectivity index (χ0n) is 20.3. The molecule has 0 aromatic heterocycles. The van der Waals surface area contributed by atoms with Crippen molar-refractivity contribution in [3.63, 3.8) is 0 Å². The van der Waals surface area contributed by atoms with Gasteiger partial charge in [0, 0.05) is 0 Å². The molecule has 0 radical (unpaired) electrons. The van der Waals surface area contributed by atoms with Gasteiger partial charge in [0.1, 0.15) is 0 Å². The fourth-order valence-corrected chi connectivity index (χ4v) is 5.78. The maximum Gasteiger partial charge on any atom is -0.0159 e. The van der Waals surface area contributed by atoms with Crippen LogP contribution in [0.3, 0.4) is 0 Å². The lowest BCUT2D eigenvalue weighted by Gasteiger charge is -2.46. The van der Waals surface area contributed by atoms with Crippen molar-refractivity contribution >= 4 is 0 Å². The van der Waals surface area contributed by atoms with Crippen LogP contribution in [0.15, 0.2) is 30.3 Å². The van der Waals surface area contributed by atoms with Crippen LogP contribution in [-0.4, -0.2) is 0 Å². The van der Waals surface area contributed by atoms with E-state index in [0.717, 1.165) is 5.92 Å². The fraction of sp³-hybridized carbons (Fsp3) is 0.786. The molecule has 1 aromatic rings. The van der Waals surface area contributed by atoms with Gasteiger partial charge < -0.3 is 0 Å². The van der Waals surface area contributed by atoms with Crippen molar-refractivity contribution in [1.29, 1.82) is 0 Å². The Labute approximate surface area is 177 Å². The van der Waals surface area contributed by atoms with E-state index >= 15 is 0 Å². The lowest BCUT2D eigenvalue weighted by molar-refractivity contribution is 0.0629. The van der Waals surface area contributed by atoms with Crippen LogP contribution < -0.4 is 0 Å². The lowest BCUT2D eigenvalue weighted by atomic mass is 9.59. The van der Waals surface area contributed by atoms with Crippen molar-refractivity contribution in [3.8, 4) is 0 Å². The third-order valence-electron chi connectivity index (χ3n) is 8.19. The second-order valence-electron chi connectivity index (χ2n) is 9.58. The van der Waals surface area contributed by atoms with Gasteiger partial charge in [-0.15, -0.1) is 0 Å². The van der Waals surface area contributed by atoms with Crippen LogP contribution in [0.1, 0.15) is 131 Å². The fourth-order valence-electron chi connectivity index (χ4n) is 5.78. The first-order valence-corrected chi connectivity index (χ1v) is 12.5. The normalized spacial score (nSPS) is 16.5. The standard InChI is InChI=1S/C28H50/c1-8-18-24(9-2)21-28(14-7,23-27(11-4,12-5)13-6)22-25(10-3)26-19-16-15-17-20-26/h15-17,19-20,24-25H,8-14,18,21-23H2,1-7H3. The highest BCUT2D eigenvalue weighted by Crippen LogP contribution is 2.52. The van der Waals surface area contributed by atoms with Gasteiger partial charge in [-0.05, 0) is 53.9 Å². The maximum absolute atomic E-state index is 2.49. The molecule has 3 atom stereocenters. The Morgan fingerprint density at radius 3 is 1.68 bits per heavy atom. The van der Waals surface area contributed by atoms with Crippen LogP contribution >= 0.6 is 0 Å². The molecule has 0 nitrogen and oxygen atoms in total. The summed E-state index contributed by atoms with van der Waals surface area (Å²) in [5.74, 6) is 1.59. The van der Waals surface area contributed by atoms with E-state index in [9.17, 15) is 0 Å². The van der Waals surface area contributed by atoms with Crippen molar-refractivity contribution in [2.75, 3.05) is 0 Å². The number of hydrogen-bond donors (Lipinski definition) is 0. The molecule has 0 aliphatic carbocycles. The average Bonchev–Trinajstić information content (AvgIpc) is 2.76. The average molecular weight is 387 g/mol.